The zero-order valence-corrected chi connectivity index (χ0v) is 17.5. The summed E-state index contributed by atoms with van der Waals surface area (Å²) in [6, 6.07) is 9.47. The number of benzene rings is 1. The van der Waals surface area contributed by atoms with Gasteiger partial charge in [0.15, 0.2) is 5.96 Å². The van der Waals surface area contributed by atoms with E-state index < -0.39 is 0 Å². The molecule has 0 saturated heterocycles. The predicted octanol–water partition coefficient (Wildman–Crippen LogP) is 2.85. The van der Waals surface area contributed by atoms with E-state index in [1.54, 1.807) is 7.11 Å². The molecular weight excluding hydrogens is 415 g/mol. The third-order valence-electron chi connectivity index (χ3n) is 4.16. The van der Waals surface area contributed by atoms with Crippen molar-refractivity contribution < 1.29 is 4.74 Å². The molecule has 136 valence electrons. The van der Waals surface area contributed by atoms with Crippen LogP contribution in [-0.4, -0.2) is 50.2 Å². The Kier molecular flexibility index (Phi) is 9.43. The monoisotopic (exact) mass is 446 g/mol. The quantitative estimate of drug-likeness (QED) is 0.367. The fourth-order valence-corrected chi connectivity index (χ4v) is 2.76. The summed E-state index contributed by atoms with van der Waals surface area (Å²) in [5.74, 6) is 1.72. The molecule has 0 aromatic heterocycles. The van der Waals surface area contributed by atoms with Gasteiger partial charge in [-0.25, -0.2) is 0 Å². The average Bonchev–Trinajstić information content (AvgIpc) is 3.38. The van der Waals surface area contributed by atoms with Crippen molar-refractivity contribution in [3.63, 3.8) is 0 Å². The van der Waals surface area contributed by atoms with Crippen LogP contribution in [0, 0.1) is 0 Å². The maximum absolute atomic E-state index is 5.25. The van der Waals surface area contributed by atoms with E-state index in [9.17, 15) is 0 Å². The summed E-state index contributed by atoms with van der Waals surface area (Å²) in [7, 11) is 3.50. The van der Waals surface area contributed by atoms with Crippen molar-refractivity contribution in [1.29, 1.82) is 0 Å². The molecule has 1 aromatic carbocycles. The SMILES string of the molecule is CN=C(NCCN(C(C)C)C1CC1)NCc1cccc(OC)c1.I. The van der Waals surface area contributed by atoms with Crippen LogP contribution in [0.1, 0.15) is 32.3 Å². The Balaban J connectivity index is 0.00000288. The highest BCUT2D eigenvalue weighted by Gasteiger charge is 2.30. The fourth-order valence-electron chi connectivity index (χ4n) is 2.76. The minimum absolute atomic E-state index is 0. The summed E-state index contributed by atoms with van der Waals surface area (Å²) < 4.78 is 5.25. The van der Waals surface area contributed by atoms with Gasteiger partial charge in [-0.2, -0.15) is 0 Å². The number of nitrogens with zero attached hydrogens (tertiary/aromatic N) is 2. The number of ether oxygens (including phenoxy) is 1. The number of guanidine groups is 1. The lowest BCUT2D eigenvalue weighted by molar-refractivity contribution is 0.215. The van der Waals surface area contributed by atoms with Gasteiger partial charge in [-0.1, -0.05) is 12.1 Å². The second-order valence-corrected chi connectivity index (χ2v) is 6.27. The molecule has 1 aliphatic carbocycles. The van der Waals surface area contributed by atoms with Crippen LogP contribution in [-0.2, 0) is 6.54 Å². The van der Waals surface area contributed by atoms with Gasteiger partial charge in [0.2, 0.25) is 0 Å². The Morgan fingerprint density at radius 3 is 2.67 bits per heavy atom. The summed E-state index contributed by atoms with van der Waals surface area (Å²) in [4.78, 5) is 6.86. The zero-order valence-electron chi connectivity index (χ0n) is 15.2. The van der Waals surface area contributed by atoms with Crippen molar-refractivity contribution in [1.82, 2.24) is 15.5 Å². The third kappa shape index (κ3) is 6.84. The van der Waals surface area contributed by atoms with E-state index in [1.165, 1.54) is 18.4 Å². The van der Waals surface area contributed by atoms with Crippen LogP contribution in [0.2, 0.25) is 0 Å². The number of aliphatic imine (C=N–C) groups is 1. The lowest BCUT2D eigenvalue weighted by atomic mass is 10.2. The van der Waals surface area contributed by atoms with E-state index in [0.717, 1.165) is 37.4 Å². The molecule has 0 atom stereocenters. The van der Waals surface area contributed by atoms with Crippen LogP contribution in [0.3, 0.4) is 0 Å². The van der Waals surface area contributed by atoms with Gasteiger partial charge in [-0.05, 0) is 44.4 Å². The van der Waals surface area contributed by atoms with E-state index >= 15 is 0 Å². The van der Waals surface area contributed by atoms with E-state index in [-0.39, 0.29) is 24.0 Å². The number of methoxy groups -OCH3 is 1. The largest absolute Gasteiger partial charge is 0.497 e. The van der Waals surface area contributed by atoms with Crippen molar-refractivity contribution in [3.05, 3.63) is 29.8 Å². The highest BCUT2D eigenvalue weighted by molar-refractivity contribution is 14.0. The first-order valence-corrected chi connectivity index (χ1v) is 8.47. The topological polar surface area (TPSA) is 48.9 Å². The van der Waals surface area contributed by atoms with Gasteiger partial charge in [-0.3, -0.25) is 9.89 Å². The van der Waals surface area contributed by atoms with E-state index in [2.05, 4.69) is 40.4 Å². The van der Waals surface area contributed by atoms with Crippen LogP contribution in [0.15, 0.2) is 29.3 Å². The van der Waals surface area contributed by atoms with Crippen molar-refractivity contribution >= 4 is 29.9 Å². The Labute approximate surface area is 163 Å². The van der Waals surface area contributed by atoms with Gasteiger partial charge < -0.3 is 15.4 Å². The highest BCUT2D eigenvalue weighted by Crippen LogP contribution is 2.27. The molecule has 0 amide bonds. The predicted molar refractivity (Wildman–Crippen MR) is 111 cm³/mol. The molecule has 1 fully saturated rings. The molecule has 2 rings (SSSR count). The highest BCUT2D eigenvalue weighted by atomic mass is 127. The zero-order chi connectivity index (χ0) is 16.7. The first-order chi connectivity index (χ1) is 11.1. The molecule has 2 N–H and O–H groups in total. The Hall–Kier alpha value is -1.02. The molecule has 0 bridgehead atoms. The molecular formula is C18H31IN4O. The summed E-state index contributed by atoms with van der Waals surface area (Å²) in [5.41, 5.74) is 1.18. The van der Waals surface area contributed by atoms with Crippen LogP contribution in [0.25, 0.3) is 0 Å². The molecule has 6 heteroatoms. The first kappa shape index (κ1) is 21.0. The number of nitrogens with one attached hydrogen (secondary N) is 2. The average molecular weight is 446 g/mol. The van der Waals surface area contributed by atoms with Gasteiger partial charge in [0.1, 0.15) is 5.75 Å². The summed E-state index contributed by atoms with van der Waals surface area (Å²) >= 11 is 0. The Morgan fingerprint density at radius 2 is 2.08 bits per heavy atom. The van der Waals surface area contributed by atoms with Crippen LogP contribution in [0.5, 0.6) is 5.75 Å². The minimum atomic E-state index is 0. The number of halogens is 1. The minimum Gasteiger partial charge on any atom is -0.497 e. The molecule has 5 nitrogen and oxygen atoms in total. The molecule has 0 spiro atoms. The maximum atomic E-state index is 5.25. The lowest BCUT2D eigenvalue weighted by Crippen LogP contribution is -2.43. The standard InChI is InChI=1S/C18H30N4O.HI/c1-14(2)22(16-8-9-16)11-10-20-18(19-3)21-13-15-6-5-7-17(12-15)23-4;/h5-7,12,14,16H,8-11,13H2,1-4H3,(H2,19,20,21);1H. The summed E-state index contributed by atoms with van der Waals surface area (Å²) in [6.45, 7) is 7.24. The second kappa shape index (κ2) is 10.8. The number of rotatable bonds is 8. The van der Waals surface area contributed by atoms with E-state index in [0.29, 0.717) is 6.04 Å². The maximum Gasteiger partial charge on any atom is 0.191 e. The molecule has 1 saturated carbocycles. The number of hydrogen-bond donors (Lipinski definition) is 2. The molecule has 24 heavy (non-hydrogen) atoms. The van der Waals surface area contributed by atoms with Crippen LogP contribution in [0.4, 0.5) is 0 Å². The first-order valence-electron chi connectivity index (χ1n) is 8.47. The van der Waals surface area contributed by atoms with Gasteiger partial charge in [-0.15, -0.1) is 24.0 Å². The van der Waals surface area contributed by atoms with Gasteiger partial charge in [0.25, 0.3) is 0 Å². The summed E-state index contributed by atoms with van der Waals surface area (Å²) in [5, 5.41) is 6.75. The normalized spacial score (nSPS) is 14.5. The van der Waals surface area contributed by atoms with E-state index in [1.807, 2.05) is 25.2 Å². The van der Waals surface area contributed by atoms with Gasteiger partial charge in [0.05, 0.1) is 7.11 Å². The molecule has 0 aliphatic heterocycles. The van der Waals surface area contributed by atoms with Crippen molar-refractivity contribution in [3.8, 4) is 5.75 Å². The van der Waals surface area contributed by atoms with Gasteiger partial charge in [0, 0.05) is 38.8 Å². The molecule has 1 aliphatic rings. The van der Waals surface area contributed by atoms with Crippen molar-refractivity contribution in [2.75, 3.05) is 27.2 Å². The molecule has 0 unspecified atom stereocenters. The smallest absolute Gasteiger partial charge is 0.191 e. The molecule has 1 aromatic rings. The lowest BCUT2D eigenvalue weighted by Gasteiger charge is -2.26. The van der Waals surface area contributed by atoms with Crippen molar-refractivity contribution in [2.24, 2.45) is 4.99 Å². The Morgan fingerprint density at radius 1 is 1.33 bits per heavy atom. The second-order valence-electron chi connectivity index (χ2n) is 6.27. The summed E-state index contributed by atoms with van der Waals surface area (Å²) in [6.07, 6.45) is 2.70. The van der Waals surface area contributed by atoms with Gasteiger partial charge >= 0.3 is 0 Å². The molecule has 0 heterocycles. The van der Waals surface area contributed by atoms with E-state index in [4.69, 9.17) is 4.74 Å². The third-order valence-corrected chi connectivity index (χ3v) is 4.16. The fraction of sp³-hybridized carbons (Fsp3) is 0.611. The van der Waals surface area contributed by atoms with Crippen LogP contribution >= 0.6 is 24.0 Å². The number of hydrogen-bond acceptors (Lipinski definition) is 3. The van der Waals surface area contributed by atoms with Crippen LogP contribution < -0.4 is 15.4 Å². The van der Waals surface area contributed by atoms with Crippen molar-refractivity contribution in [2.45, 2.75) is 45.3 Å². The molecule has 0 radical (unpaired) electrons. The Bertz CT molecular complexity index is 515.